The number of hydrazine groups is 1. The molecule has 0 aromatic heterocycles. The molecule has 0 aliphatic carbocycles. The summed E-state index contributed by atoms with van der Waals surface area (Å²) >= 11 is 0.796. The largest absolute Gasteiger partial charge is 0.401 e. The summed E-state index contributed by atoms with van der Waals surface area (Å²) in [5.74, 6) is 5.31. The molecule has 6 N–H and O–H groups in total. The number of hydrogen-bond acceptors (Lipinski definition) is 5. The van der Waals surface area contributed by atoms with Crippen molar-refractivity contribution in [3.05, 3.63) is 40.4 Å². The topological polar surface area (TPSA) is 98.4 Å². The van der Waals surface area contributed by atoms with Gasteiger partial charge in [0.15, 0.2) is 0 Å². The Hall–Kier alpha value is -1.50. The number of anilines is 1. The Balaban J connectivity index is 2.98. The van der Waals surface area contributed by atoms with E-state index in [0.717, 1.165) is 22.5 Å². The summed E-state index contributed by atoms with van der Waals surface area (Å²) < 4.78 is 0. The van der Waals surface area contributed by atoms with Crippen LogP contribution in [-0.4, -0.2) is 5.91 Å². The van der Waals surface area contributed by atoms with Gasteiger partial charge >= 0.3 is 0 Å². The molecule has 0 bridgehead atoms. The zero-order valence-electron chi connectivity index (χ0n) is 9.81. The first kappa shape index (κ1) is 13.6. The third-order valence-electron chi connectivity index (χ3n) is 2.20. The first-order valence-electron chi connectivity index (χ1n) is 4.96. The summed E-state index contributed by atoms with van der Waals surface area (Å²) in [4.78, 5) is 12.2. The lowest BCUT2D eigenvalue weighted by molar-refractivity contribution is -0.114. The number of hydrogen-bond donors (Lipinski definition) is 3. The van der Waals surface area contributed by atoms with Crippen molar-refractivity contribution in [2.75, 3.05) is 5.01 Å². The molecule has 5 nitrogen and oxygen atoms in total. The number of amides is 1. The van der Waals surface area contributed by atoms with Crippen LogP contribution in [-0.2, 0) is 4.79 Å². The van der Waals surface area contributed by atoms with Crippen LogP contribution < -0.4 is 21.7 Å². The molecule has 0 atom stereocenters. The number of carbonyl (C=O) groups is 1. The van der Waals surface area contributed by atoms with Crippen LogP contribution in [0.1, 0.15) is 12.5 Å². The lowest BCUT2D eigenvalue weighted by Gasteiger charge is -2.18. The number of nitrogens with two attached hydrogens (primary N) is 3. The Morgan fingerprint density at radius 3 is 2.24 bits per heavy atom. The molecule has 1 amide bonds. The van der Waals surface area contributed by atoms with E-state index < -0.39 is 5.91 Å². The predicted octanol–water partition coefficient (Wildman–Crippen LogP) is 0.999. The van der Waals surface area contributed by atoms with Gasteiger partial charge in [0.2, 0.25) is 0 Å². The third-order valence-corrected chi connectivity index (χ3v) is 2.93. The first-order valence-corrected chi connectivity index (χ1v) is 5.84. The summed E-state index contributed by atoms with van der Waals surface area (Å²) in [6.07, 6.45) is 0. The van der Waals surface area contributed by atoms with Gasteiger partial charge in [0.25, 0.3) is 5.91 Å². The fraction of sp³-hybridized carbons (Fsp3) is 0.182. The minimum atomic E-state index is -0.415. The van der Waals surface area contributed by atoms with Crippen LogP contribution in [0.2, 0.25) is 0 Å². The maximum absolute atomic E-state index is 12.0. The Kier molecular flexibility index (Phi) is 4.56. The average Bonchev–Trinajstić information content (AvgIpc) is 2.29. The lowest BCUT2D eigenvalue weighted by atomic mass is 10.2. The summed E-state index contributed by atoms with van der Waals surface area (Å²) in [6.45, 7) is 3.56. The summed E-state index contributed by atoms with van der Waals surface area (Å²) in [7, 11) is 0. The van der Waals surface area contributed by atoms with E-state index >= 15 is 0 Å². The van der Waals surface area contributed by atoms with Crippen molar-refractivity contribution in [3.63, 3.8) is 0 Å². The molecule has 0 saturated heterocycles. The van der Waals surface area contributed by atoms with Crippen LogP contribution in [0.3, 0.4) is 0 Å². The number of carbonyl (C=O) groups excluding carboxylic acids is 1. The molecule has 0 unspecified atom stereocenters. The van der Waals surface area contributed by atoms with Crippen molar-refractivity contribution >= 4 is 23.5 Å². The van der Waals surface area contributed by atoms with E-state index in [4.69, 9.17) is 16.7 Å². The van der Waals surface area contributed by atoms with Crippen molar-refractivity contribution < 1.29 is 4.79 Å². The van der Waals surface area contributed by atoms with E-state index in [0.29, 0.717) is 11.4 Å². The first-order chi connectivity index (χ1) is 7.97. The van der Waals surface area contributed by atoms with Crippen molar-refractivity contribution in [1.82, 2.24) is 0 Å². The smallest absolute Gasteiger partial charge is 0.281 e. The number of aryl methyl sites for hydroxylation is 1. The SMILES string of the molecule is C/C(N)=C(/SN)C(=O)N(N)c1ccc(C)cc1. The third kappa shape index (κ3) is 3.23. The van der Waals surface area contributed by atoms with Crippen molar-refractivity contribution in [3.8, 4) is 0 Å². The minimum absolute atomic E-state index is 0.244. The number of nitrogens with zero attached hydrogens (tertiary/aromatic N) is 1. The number of benzene rings is 1. The van der Waals surface area contributed by atoms with Crippen LogP contribution in [0, 0.1) is 6.92 Å². The van der Waals surface area contributed by atoms with Crippen LogP contribution in [0.5, 0.6) is 0 Å². The standard InChI is InChI=1S/C11H16N4OS/c1-7-3-5-9(6-4-7)15(13)11(16)10(17-14)8(2)12/h3-6H,12-14H2,1-2H3/b10-8-. The van der Waals surface area contributed by atoms with E-state index in [1.165, 1.54) is 0 Å². The summed E-state index contributed by atoms with van der Waals surface area (Å²) in [6, 6.07) is 7.27. The van der Waals surface area contributed by atoms with Crippen molar-refractivity contribution in [2.24, 2.45) is 16.7 Å². The van der Waals surface area contributed by atoms with E-state index in [-0.39, 0.29) is 4.91 Å². The second kappa shape index (κ2) is 5.72. The van der Waals surface area contributed by atoms with Gasteiger partial charge in [-0.1, -0.05) is 17.7 Å². The Labute approximate surface area is 105 Å². The van der Waals surface area contributed by atoms with Gasteiger partial charge in [-0.2, -0.15) is 0 Å². The van der Waals surface area contributed by atoms with E-state index in [1.807, 2.05) is 19.1 Å². The molecule has 1 rings (SSSR count). The van der Waals surface area contributed by atoms with Crippen LogP contribution in [0.15, 0.2) is 34.9 Å². The molecule has 0 fully saturated rings. The van der Waals surface area contributed by atoms with Crippen molar-refractivity contribution in [1.29, 1.82) is 0 Å². The van der Waals surface area contributed by atoms with E-state index in [2.05, 4.69) is 0 Å². The fourth-order valence-corrected chi connectivity index (χ4v) is 1.63. The zero-order chi connectivity index (χ0) is 13.0. The van der Waals surface area contributed by atoms with Crippen molar-refractivity contribution in [2.45, 2.75) is 13.8 Å². The van der Waals surface area contributed by atoms with Gasteiger partial charge < -0.3 is 5.73 Å². The Bertz CT molecular complexity index is 437. The molecule has 0 aliphatic rings. The molecule has 1 aromatic rings. The lowest BCUT2D eigenvalue weighted by Crippen LogP contribution is -2.38. The fourth-order valence-electron chi connectivity index (χ4n) is 1.24. The summed E-state index contributed by atoms with van der Waals surface area (Å²) in [5, 5.41) is 6.42. The number of rotatable bonds is 3. The second-order valence-electron chi connectivity index (χ2n) is 3.64. The monoisotopic (exact) mass is 252 g/mol. The van der Waals surface area contributed by atoms with E-state index in [1.54, 1.807) is 19.1 Å². The highest BCUT2D eigenvalue weighted by atomic mass is 32.2. The highest BCUT2D eigenvalue weighted by molar-refractivity contribution is 8.01. The maximum Gasteiger partial charge on any atom is 0.281 e. The summed E-state index contributed by atoms with van der Waals surface area (Å²) in [5.41, 5.74) is 7.60. The molecule has 0 heterocycles. The molecule has 0 aliphatic heterocycles. The van der Waals surface area contributed by atoms with Crippen LogP contribution in [0.25, 0.3) is 0 Å². The Morgan fingerprint density at radius 1 is 1.29 bits per heavy atom. The normalized spacial score (nSPS) is 12.0. The molecule has 0 spiro atoms. The highest BCUT2D eigenvalue weighted by Gasteiger charge is 2.18. The van der Waals surface area contributed by atoms with Crippen LogP contribution >= 0.6 is 11.9 Å². The minimum Gasteiger partial charge on any atom is -0.401 e. The molecular formula is C11H16N4OS. The van der Waals surface area contributed by atoms with Gasteiger partial charge in [0, 0.05) is 5.70 Å². The zero-order valence-corrected chi connectivity index (χ0v) is 10.6. The molecule has 6 heteroatoms. The maximum atomic E-state index is 12.0. The molecule has 1 aromatic carbocycles. The molecule has 0 radical (unpaired) electrons. The van der Waals surface area contributed by atoms with Gasteiger partial charge in [0.05, 0.1) is 5.69 Å². The van der Waals surface area contributed by atoms with Crippen LogP contribution in [0.4, 0.5) is 5.69 Å². The van der Waals surface area contributed by atoms with Gasteiger partial charge in [-0.3, -0.25) is 9.93 Å². The second-order valence-corrected chi connectivity index (χ2v) is 4.28. The van der Waals surface area contributed by atoms with Gasteiger partial charge in [0.1, 0.15) is 4.91 Å². The molecular weight excluding hydrogens is 236 g/mol. The molecule has 17 heavy (non-hydrogen) atoms. The predicted molar refractivity (Wildman–Crippen MR) is 71.5 cm³/mol. The quantitative estimate of drug-likeness (QED) is 0.245. The van der Waals surface area contributed by atoms with Gasteiger partial charge in [-0.05, 0) is 37.9 Å². The molecule has 0 saturated carbocycles. The van der Waals surface area contributed by atoms with E-state index in [9.17, 15) is 4.79 Å². The Morgan fingerprint density at radius 2 is 1.82 bits per heavy atom. The van der Waals surface area contributed by atoms with Gasteiger partial charge in [-0.15, -0.1) is 0 Å². The number of allylic oxidation sites excluding steroid dienone is 1. The van der Waals surface area contributed by atoms with Gasteiger partial charge in [-0.25, -0.2) is 10.9 Å². The average molecular weight is 252 g/mol. The highest BCUT2D eigenvalue weighted by Crippen LogP contribution is 2.18. The molecule has 92 valence electrons.